The van der Waals surface area contributed by atoms with E-state index in [4.69, 9.17) is 9.78 Å². The maximum atomic E-state index is 12.8. The standard InChI is InChI=1S/C16H17F3O3/c1-10-7-8-13(11(2)16(17,18)19)14(9-10)21-22-15(20)12-5-3-4-6-12/h7-9,12H,2-6H2,1H3. The molecule has 2 rings (SSSR count). The van der Waals surface area contributed by atoms with Gasteiger partial charge in [0.05, 0.1) is 11.5 Å². The van der Waals surface area contributed by atoms with Crippen molar-refractivity contribution in [1.29, 1.82) is 0 Å². The van der Waals surface area contributed by atoms with E-state index in [2.05, 4.69) is 6.58 Å². The maximum absolute atomic E-state index is 12.8. The van der Waals surface area contributed by atoms with Crippen LogP contribution in [0.1, 0.15) is 36.8 Å². The first-order valence-corrected chi connectivity index (χ1v) is 7.04. The summed E-state index contributed by atoms with van der Waals surface area (Å²) in [4.78, 5) is 21.4. The van der Waals surface area contributed by atoms with Crippen molar-refractivity contribution in [2.24, 2.45) is 5.92 Å². The molecular weight excluding hydrogens is 297 g/mol. The van der Waals surface area contributed by atoms with Crippen molar-refractivity contribution < 1.29 is 27.7 Å². The molecule has 0 aliphatic heterocycles. The second-order valence-corrected chi connectivity index (χ2v) is 5.44. The lowest BCUT2D eigenvalue weighted by Crippen LogP contribution is -2.18. The van der Waals surface area contributed by atoms with Gasteiger partial charge in [0.2, 0.25) is 0 Å². The van der Waals surface area contributed by atoms with Crippen LogP contribution in [-0.2, 0) is 9.68 Å². The molecule has 1 saturated carbocycles. The van der Waals surface area contributed by atoms with E-state index in [0.29, 0.717) is 5.56 Å². The van der Waals surface area contributed by atoms with Crippen LogP contribution in [0.2, 0.25) is 0 Å². The Labute approximate surface area is 126 Å². The number of benzene rings is 1. The number of carbonyl (C=O) groups is 1. The van der Waals surface area contributed by atoms with E-state index in [1.54, 1.807) is 6.92 Å². The van der Waals surface area contributed by atoms with Crippen LogP contribution in [0.15, 0.2) is 24.8 Å². The summed E-state index contributed by atoms with van der Waals surface area (Å²) in [5, 5.41) is 0. The Morgan fingerprint density at radius 1 is 1.27 bits per heavy atom. The van der Waals surface area contributed by atoms with Gasteiger partial charge in [-0.15, -0.1) is 0 Å². The van der Waals surface area contributed by atoms with Crippen LogP contribution in [-0.4, -0.2) is 12.1 Å². The molecule has 1 aliphatic rings. The molecule has 1 fully saturated rings. The molecular formula is C16H17F3O3. The normalized spacial score (nSPS) is 15.6. The number of hydrogen-bond acceptors (Lipinski definition) is 3. The molecule has 120 valence electrons. The minimum Gasteiger partial charge on any atom is -0.286 e. The highest BCUT2D eigenvalue weighted by molar-refractivity contribution is 5.74. The summed E-state index contributed by atoms with van der Waals surface area (Å²) in [7, 11) is 0. The van der Waals surface area contributed by atoms with Gasteiger partial charge in [-0.25, -0.2) is 4.79 Å². The van der Waals surface area contributed by atoms with Crippen LogP contribution >= 0.6 is 0 Å². The Balaban J connectivity index is 2.13. The van der Waals surface area contributed by atoms with Gasteiger partial charge in [0.25, 0.3) is 0 Å². The molecule has 0 amide bonds. The van der Waals surface area contributed by atoms with Crippen LogP contribution in [0.4, 0.5) is 13.2 Å². The first kappa shape index (κ1) is 16.4. The van der Waals surface area contributed by atoms with Gasteiger partial charge in [-0.05, 0) is 31.4 Å². The zero-order valence-corrected chi connectivity index (χ0v) is 12.2. The van der Waals surface area contributed by atoms with Crippen molar-refractivity contribution in [1.82, 2.24) is 0 Å². The summed E-state index contributed by atoms with van der Waals surface area (Å²) in [6.45, 7) is 4.75. The highest BCUT2D eigenvalue weighted by atomic mass is 19.4. The largest absolute Gasteiger partial charge is 0.416 e. The zero-order valence-electron chi connectivity index (χ0n) is 12.2. The Hall–Kier alpha value is -1.98. The smallest absolute Gasteiger partial charge is 0.286 e. The first-order valence-electron chi connectivity index (χ1n) is 7.04. The topological polar surface area (TPSA) is 35.5 Å². The van der Waals surface area contributed by atoms with Gasteiger partial charge in [0, 0.05) is 5.56 Å². The molecule has 1 aromatic carbocycles. The summed E-state index contributed by atoms with van der Waals surface area (Å²) in [6, 6.07) is 4.15. The van der Waals surface area contributed by atoms with Crippen molar-refractivity contribution in [3.63, 3.8) is 0 Å². The maximum Gasteiger partial charge on any atom is 0.416 e. The number of aryl methyl sites for hydroxylation is 1. The molecule has 1 aliphatic carbocycles. The number of alkyl halides is 3. The van der Waals surface area contributed by atoms with Crippen LogP contribution < -0.4 is 4.89 Å². The summed E-state index contributed by atoms with van der Waals surface area (Å²) in [6.07, 6.45) is -1.25. The summed E-state index contributed by atoms with van der Waals surface area (Å²) < 4.78 is 38.4. The highest BCUT2D eigenvalue weighted by Crippen LogP contribution is 2.37. The number of allylic oxidation sites excluding steroid dienone is 1. The lowest BCUT2D eigenvalue weighted by molar-refractivity contribution is -0.218. The Morgan fingerprint density at radius 3 is 2.50 bits per heavy atom. The average molecular weight is 314 g/mol. The minimum atomic E-state index is -4.58. The van der Waals surface area contributed by atoms with Crippen LogP contribution in [0.5, 0.6) is 5.75 Å². The van der Waals surface area contributed by atoms with Gasteiger partial charge < -0.3 is 0 Å². The van der Waals surface area contributed by atoms with Crippen LogP contribution in [0, 0.1) is 12.8 Å². The van der Waals surface area contributed by atoms with Crippen LogP contribution in [0.3, 0.4) is 0 Å². The predicted octanol–water partition coefficient (Wildman–Crippen LogP) is 4.60. The minimum absolute atomic E-state index is 0.159. The first-order chi connectivity index (χ1) is 10.3. The number of halogens is 3. The second kappa shape index (κ2) is 6.42. The number of carbonyl (C=O) groups excluding carboxylic acids is 1. The molecule has 6 heteroatoms. The lowest BCUT2D eigenvalue weighted by Gasteiger charge is -2.15. The van der Waals surface area contributed by atoms with Crippen molar-refractivity contribution in [3.8, 4) is 5.75 Å². The van der Waals surface area contributed by atoms with Gasteiger partial charge in [0.1, 0.15) is 0 Å². The molecule has 0 unspecified atom stereocenters. The quantitative estimate of drug-likeness (QED) is 0.602. The fourth-order valence-corrected chi connectivity index (χ4v) is 2.42. The van der Waals surface area contributed by atoms with E-state index in [-0.39, 0.29) is 17.2 Å². The highest BCUT2D eigenvalue weighted by Gasteiger charge is 2.35. The number of rotatable bonds is 4. The summed E-state index contributed by atoms with van der Waals surface area (Å²) in [5.41, 5.74) is -0.595. The third-order valence-corrected chi connectivity index (χ3v) is 3.71. The third kappa shape index (κ3) is 3.81. The molecule has 0 N–H and O–H groups in total. The molecule has 0 saturated heterocycles. The Bertz CT molecular complexity index is 572. The SMILES string of the molecule is C=C(c1ccc(C)cc1OOC(=O)C1CCCC1)C(F)(F)F. The number of hydrogen-bond donors (Lipinski definition) is 0. The monoisotopic (exact) mass is 314 g/mol. The molecule has 0 aromatic heterocycles. The average Bonchev–Trinajstić information content (AvgIpc) is 2.97. The zero-order chi connectivity index (χ0) is 16.3. The summed E-state index contributed by atoms with van der Waals surface area (Å²) >= 11 is 0. The molecule has 0 radical (unpaired) electrons. The van der Waals surface area contributed by atoms with Crippen molar-refractivity contribution in [2.75, 3.05) is 0 Å². The van der Waals surface area contributed by atoms with Crippen LogP contribution in [0.25, 0.3) is 5.57 Å². The lowest BCUT2D eigenvalue weighted by atomic mass is 10.0. The second-order valence-electron chi connectivity index (χ2n) is 5.44. The fourth-order valence-electron chi connectivity index (χ4n) is 2.42. The molecule has 0 heterocycles. The Morgan fingerprint density at radius 2 is 1.91 bits per heavy atom. The van der Waals surface area contributed by atoms with E-state index in [1.807, 2.05) is 0 Å². The van der Waals surface area contributed by atoms with Gasteiger partial charge in [-0.3, -0.25) is 9.78 Å². The van der Waals surface area contributed by atoms with E-state index < -0.39 is 17.7 Å². The van der Waals surface area contributed by atoms with Gasteiger partial charge in [-0.2, -0.15) is 13.2 Å². The van der Waals surface area contributed by atoms with E-state index >= 15 is 0 Å². The molecule has 22 heavy (non-hydrogen) atoms. The molecule has 3 nitrogen and oxygen atoms in total. The van der Waals surface area contributed by atoms with E-state index in [9.17, 15) is 18.0 Å². The summed E-state index contributed by atoms with van der Waals surface area (Å²) in [5.74, 6) is -0.935. The van der Waals surface area contributed by atoms with E-state index in [0.717, 1.165) is 25.7 Å². The van der Waals surface area contributed by atoms with Crippen molar-refractivity contribution >= 4 is 11.5 Å². The Kier molecular flexibility index (Phi) is 4.78. The van der Waals surface area contributed by atoms with Gasteiger partial charge >= 0.3 is 12.1 Å². The molecule has 0 atom stereocenters. The predicted molar refractivity (Wildman–Crippen MR) is 74.9 cm³/mol. The van der Waals surface area contributed by atoms with Gasteiger partial charge in [0.15, 0.2) is 5.75 Å². The molecule has 0 spiro atoms. The molecule has 0 bridgehead atoms. The van der Waals surface area contributed by atoms with E-state index in [1.165, 1.54) is 18.2 Å². The third-order valence-electron chi connectivity index (χ3n) is 3.71. The van der Waals surface area contributed by atoms with Crippen molar-refractivity contribution in [2.45, 2.75) is 38.8 Å². The van der Waals surface area contributed by atoms with Crippen molar-refractivity contribution in [3.05, 3.63) is 35.9 Å². The van der Waals surface area contributed by atoms with Gasteiger partial charge in [-0.1, -0.05) is 31.6 Å². The fraction of sp³-hybridized carbons (Fsp3) is 0.438. The molecule has 1 aromatic rings.